The van der Waals surface area contributed by atoms with Crippen molar-refractivity contribution in [3.8, 4) is 12.3 Å². The molecule has 0 aliphatic rings. The first-order valence-corrected chi connectivity index (χ1v) is 16.3. The van der Waals surface area contributed by atoms with Crippen molar-refractivity contribution in [2.75, 3.05) is 16.8 Å². The second kappa shape index (κ2) is 20.0. The van der Waals surface area contributed by atoms with E-state index in [4.69, 9.17) is 6.42 Å². The zero-order valence-electron chi connectivity index (χ0n) is 28.0. The Labute approximate surface area is 267 Å². The molecular formula is C40H53N3O. The Balaban J connectivity index is 2.42. The quantitative estimate of drug-likeness (QED) is 0.113. The first-order chi connectivity index (χ1) is 21.3. The van der Waals surface area contributed by atoms with Crippen LogP contribution < -0.4 is 20.7 Å². The van der Waals surface area contributed by atoms with Gasteiger partial charge in [-0.05, 0) is 97.9 Å². The monoisotopic (exact) mass is 591 g/mol. The molecule has 0 radical (unpaired) electrons. The van der Waals surface area contributed by atoms with Crippen LogP contribution in [0.15, 0.2) is 72.0 Å². The van der Waals surface area contributed by atoms with E-state index in [1.54, 1.807) is 0 Å². The molecule has 1 amide bonds. The number of allylic oxidation sites excluding steroid dienone is 4. The Morgan fingerprint density at radius 2 is 1.86 bits per heavy atom. The zero-order chi connectivity index (χ0) is 32.3. The van der Waals surface area contributed by atoms with Crippen LogP contribution >= 0.6 is 0 Å². The Morgan fingerprint density at radius 3 is 2.52 bits per heavy atom. The van der Waals surface area contributed by atoms with E-state index < -0.39 is 0 Å². The lowest BCUT2D eigenvalue weighted by atomic mass is 10.0. The minimum absolute atomic E-state index is 0.0464. The minimum Gasteiger partial charge on any atom is -0.346 e. The highest BCUT2D eigenvalue weighted by molar-refractivity contribution is 6.10. The number of benzene rings is 2. The van der Waals surface area contributed by atoms with Gasteiger partial charge >= 0.3 is 0 Å². The molecule has 0 saturated heterocycles. The summed E-state index contributed by atoms with van der Waals surface area (Å²) in [6.07, 6.45) is 25.9. The van der Waals surface area contributed by atoms with Crippen LogP contribution in [0.2, 0.25) is 0 Å². The number of terminal acetylenes is 1. The van der Waals surface area contributed by atoms with Crippen molar-refractivity contribution < 1.29 is 4.79 Å². The van der Waals surface area contributed by atoms with Gasteiger partial charge in [-0.15, -0.1) is 6.42 Å². The van der Waals surface area contributed by atoms with Gasteiger partial charge in [0.05, 0.1) is 0 Å². The fraction of sp³-hybridized carbons (Fsp3) is 0.400. The maximum absolute atomic E-state index is 13.1. The largest absolute Gasteiger partial charge is 0.346 e. The predicted molar refractivity (Wildman–Crippen MR) is 194 cm³/mol. The van der Waals surface area contributed by atoms with E-state index in [1.165, 1.54) is 10.4 Å². The third kappa shape index (κ3) is 11.9. The number of carbonyl (C=O) groups is 1. The number of nitrogens with zero attached hydrogens (tertiary/aromatic N) is 2. The average molecular weight is 592 g/mol. The summed E-state index contributed by atoms with van der Waals surface area (Å²) >= 11 is 0. The molecule has 2 aromatic carbocycles. The molecule has 0 heterocycles. The van der Waals surface area contributed by atoms with Crippen LogP contribution in [-0.4, -0.2) is 18.7 Å². The summed E-state index contributed by atoms with van der Waals surface area (Å²) in [6.45, 7) is 17.6. The predicted octanol–water partition coefficient (Wildman–Crippen LogP) is 9.01. The molecule has 0 bridgehead atoms. The molecule has 0 spiro atoms. The van der Waals surface area contributed by atoms with Crippen LogP contribution in [0.3, 0.4) is 0 Å². The van der Waals surface area contributed by atoms with Gasteiger partial charge < -0.3 is 10.2 Å². The van der Waals surface area contributed by atoms with Crippen molar-refractivity contribution >= 4 is 41.2 Å². The summed E-state index contributed by atoms with van der Waals surface area (Å²) in [6, 6.07) is 12.5. The van der Waals surface area contributed by atoms with Gasteiger partial charge in [0.1, 0.15) is 0 Å². The Bertz CT molecular complexity index is 1490. The second-order valence-electron chi connectivity index (χ2n) is 11.3. The topological polar surface area (TPSA) is 44.7 Å². The summed E-state index contributed by atoms with van der Waals surface area (Å²) in [5.74, 6) is 2.75. The smallest absolute Gasteiger partial charge is 0.227 e. The number of rotatable bonds is 17. The SMILES string of the molecule is C#Cc1ccc(=C/CC)/c(=C\CCCN(C(=C)C)c2cc(NC(=O)C(C)CCCC)cc(C(=C/C)/C=N/C=C/CCC)c2)c1. The molecule has 0 aromatic heterocycles. The van der Waals surface area contributed by atoms with Gasteiger partial charge in [-0.3, -0.25) is 9.79 Å². The zero-order valence-corrected chi connectivity index (χ0v) is 28.0. The molecule has 1 atom stereocenters. The number of anilines is 2. The van der Waals surface area contributed by atoms with Crippen LogP contribution in [0.5, 0.6) is 0 Å². The van der Waals surface area contributed by atoms with Gasteiger partial charge in [0.15, 0.2) is 0 Å². The lowest BCUT2D eigenvalue weighted by molar-refractivity contribution is -0.119. The van der Waals surface area contributed by atoms with Crippen molar-refractivity contribution in [2.24, 2.45) is 10.9 Å². The third-order valence-electron chi connectivity index (χ3n) is 7.53. The van der Waals surface area contributed by atoms with E-state index in [2.05, 4.69) is 97.0 Å². The standard InChI is InChI=1S/C40H53N3O/c1-9-14-17-24-41-30-34(13-5)37-27-38(42-40(44)32(8)20-15-10-2)29-39(28-37)43(31(6)7)25-18-16-21-36-26-33(12-4)22-23-35(36)19-11-3/h4,13,17,19,21-24,26-30,32H,6,9-11,14-16,18,20,25H2,1-3,5,7-8H3,(H,42,44)/b24-17+,34-13+,35-19-,36-21-,41-30+. The fourth-order valence-electron chi connectivity index (χ4n) is 4.95. The lowest BCUT2D eigenvalue weighted by Crippen LogP contribution is -2.25. The molecule has 4 nitrogen and oxygen atoms in total. The van der Waals surface area contributed by atoms with Crippen LogP contribution in [0.1, 0.15) is 104 Å². The Morgan fingerprint density at radius 1 is 1.07 bits per heavy atom. The highest BCUT2D eigenvalue weighted by Gasteiger charge is 2.16. The summed E-state index contributed by atoms with van der Waals surface area (Å²) in [5.41, 5.74) is 5.61. The molecule has 44 heavy (non-hydrogen) atoms. The summed E-state index contributed by atoms with van der Waals surface area (Å²) in [4.78, 5) is 19.9. The molecule has 0 aliphatic carbocycles. The number of carbonyl (C=O) groups excluding carboxylic acids is 1. The molecule has 0 fully saturated rings. The van der Waals surface area contributed by atoms with Crippen molar-refractivity contribution in [3.05, 3.63) is 88.6 Å². The number of nitrogens with one attached hydrogen (secondary N) is 1. The molecule has 234 valence electrons. The Kier molecular flexibility index (Phi) is 16.4. The van der Waals surface area contributed by atoms with Gasteiger partial charge in [0.25, 0.3) is 0 Å². The van der Waals surface area contributed by atoms with Gasteiger partial charge in [-0.1, -0.05) is 89.8 Å². The first kappa shape index (κ1) is 36.1. The maximum Gasteiger partial charge on any atom is 0.227 e. The molecule has 1 unspecified atom stereocenters. The molecule has 2 rings (SSSR count). The van der Waals surface area contributed by atoms with Gasteiger partial charge in [-0.25, -0.2) is 0 Å². The highest BCUT2D eigenvalue weighted by Crippen LogP contribution is 2.29. The van der Waals surface area contributed by atoms with E-state index in [-0.39, 0.29) is 11.8 Å². The maximum atomic E-state index is 13.1. The average Bonchev–Trinajstić information content (AvgIpc) is 3.01. The second-order valence-corrected chi connectivity index (χ2v) is 11.3. The Hall–Kier alpha value is -4.10. The minimum atomic E-state index is -0.0518. The van der Waals surface area contributed by atoms with Crippen molar-refractivity contribution in [3.63, 3.8) is 0 Å². The van der Waals surface area contributed by atoms with E-state index in [0.29, 0.717) is 0 Å². The number of hydrogen-bond donors (Lipinski definition) is 1. The number of aliphatic imine (C=N–C) groups is 1. The van der Waals surface area contributed by atoms with E-state index in [9.17, 15) is 4.79 Å². The molecule has 4 heteroatoms. The van der Waals surface area contributed by atoms with Gasteiger partial charge in [-0.2, -0.15) is 0 Å². The van der Waals surface area contributed by atoms with Crippen molar-refractivity contribution in [1.82, 2.24) is 0 Å². The van der Waals surface area contributed by atoms with Crippen LogP contribution in [0.25, 0.3) is 17.7 Å². The number of unbranched alkanes of at least 4 members (excludes halogenated alkanes) is 3. The number of hydrogen-bond acceptors (Lipinski definition) is 3. The normalized spacial score (nSPS) is 13.4. The highest BCUT2D eigenvalue weighted by atomic mass is 16.1. The first-order valence-electron chi connectivity index (χ1n) is 16.3. The van der Waals surface area contributed by atoms with E-state index >= 15 is 0 Å². The summed E-state index contributed by atoms with van der Waals surface area (Å²) in [7, 11) is 0. The number of amides is 1. The third-order valence-corrected chi connectivity index (χ3v) is 7.53. The van der Waals surface area contributed by atoms with E-state index in [0.717, 1.165) is 91.7 Å². The molecule has 1 N–H and O–H groups in total. The summed E-state index contributed by atoms with van der Waals surface area (Å²) < 4.78 is 0. The van der Waals surface area contributed by atoms with Crippen LogP contribution in [0, 0.1) is 18.3 Å². The van der Waals surface area contributed by atoms with Crippen LogP contribution in [-0.2, 0) is 4.79 Å². The fourth-order valence-corrected chi connectivity index (χ4v) is 4.95. The van der Waals surface area contributed by atoms with E-state index in [1.807, 2.05) is 45.3 Å². The van der Waals surface area contributed by atoms with Gasteiger partial charge in [0.2, 0.25) is 5.91 Å². The van der Waals surface area contributed by atoms with Gasteiger partial charge in [0, 0.05) is 47.5 Å². The summed E-state index contributed by atoms with van der Waals surface area (Å²) in [5, 5.41) is 5.60. The van der Waals surface area contributed by atoms with Crippen molar-refractivity contribution in [2.45, 2.75) is 92.9 Å². The molecular weight excluding hydrogens is 538 g/mol. The van der Waals surface area contributed by atoms with Crippen molar-refractivity contribution in [1.29, 1.82) is 0 Å². The molecule has 2 aromatic rings. The lowest BCUT2D eigenvalue weighted by Gasteiger charge is -2.26. The molecule has 0 aliphatic heterocycles. The molecule has 0 saturated carbocycles. The van der Waals surface area contributed by atoms with Crippen LogP contribution in [0.4, 0.5) is 11.4 Å².